The van der Waals surface area contributed by atoms with Gasteiger partial charge in [0.25, 0.3) is 0 Å². The number of rotatable bonds is 4. The molecule has 0 saturated heterocycles. The molecule has 0 aromatic carbocycles. The molecule has 0 atom stereocenters. The Balaban J connectivity index is 2.28. The Bertz CT molecular complexity index is 488. The van der Waals surface area contributed by atoms with Crippen LogP contribution in [-0.2, 0) is 0 Å². The standard InChI is InChI=1S/C13H18N4/c1-4-14-13-9-11(5-7-15-13)17-8-6-12(16-17)10(2)3/h5-10H,4H2,1-3H3,(H,14,15). The van der Waals surface area contributed by atoms with Gasteiger partial charge in [-0.3, -0.25) is 0 Å². The second kappa shape index (κ2) is 4.99. The molecule has 0 fully saturated rings. The maximum absolute atomic E-state index is 4.54. The van der Waals surface area contributed by atoms with Crippen molar-refractivity contribution < 1.29 is 0 Å². The molecule has 1 N–H and O–H groups in total. The van der Waals surface area contributed by atoms with Gasteiger partial charge < -0.3 is 5.32 Å². The lowest BCUT2D eigenvalue weighted by molar-refractivity contribution is 0.768. The van der Waals surface area contributed by atoms with Gasteiger partial charge in [-0.15, -0.1) is 0 Å². The molecule has 0 radical (unpaired) electrons. The molecule has 2 rings (SSSR count). The van der Waals surface area contributed by atoms with Crippen LogP contribution in [0.3, 0.4) is 0 Å². The zero-order valence-corrected chi connectivity index (χ0v) is 10.5. The van der Waals surface area contributed by atoms with Crippen LogP contribution in [0.15, 0.2) is 30.6 Å². The van der Waals surface area contributed by atoms with E-state index in [1.54, 1.807) is 6.20 Å². The van der Waals surface area contributed by atoms with Gasteiger partial charge in [0.05, 0.1) is 11.4 Å². The number of nitrogens with one attached hydrogen (secondary N) is 1. The Hall–Kier alpha value is -1.84. The summed E-state index contributed by atoms with van der Waals surface area (Å²) in [6.45, 7) is 7.21. The van der Waals surface area contributed by atoms with Crippen molar-refractivity contribution in [3.63, 3.8) is 0 Å². The number of hydrogen-bond donors (Lipinski definition) is 1. The monoisotopic (exact) mass is 230 g/mol. The molecule has 2 aromatic rings. The van der Waals surface area contributed by atoms with Crippen molar-refractivity contribution in [1.82, 2.24) is 14.8 Å². The molecule has 0 aliphatic rings. The summed E-state index contributed by atoms with van der Waals surface area (Å²) in [4.78, 5) is 4.24. The van der Waals surface area contributed by atoms with Crippen LogP contribution in [0.1, 0.15) is 32.4 Å². The quantitative estimate of drug-likeness (QED) is 0.878. The lowest BCUT2D eigenvalue weighted by Crippen LogP contribution is -2.02. The first-order valence-corrected chi connectivity index (χ1v) is 5.96. The van der Waals surface area contributed by atoms with Crippen LogP contribution >= 0.6 is 0 Å². The maximum Gasteiger partial charge on any atom is 0.128 e. The van der Waals surface area contributed by atoms with Gasteiger partial charge in [-0.05, 0) is 25.0 Å². The Morgan fingerprint density at radius 3 is 2.82 bits per heavy atom. The second-order valence-corrected chi connectivity index (χ2v) is 4.27. The highest BCUT2D eigenvalue weighted by Crippen LogP contribution is 2.15. The summed E-state index contributed by atoms with van der Waals surface area (Å²) in [7, 11) is 0. The predicted molar refractivity (Wildman–Crippen MR) is 69.6 cm³/mol. The second-order valence-electron chi connectivity index (χ2n) is 4.27. The Labute approximate surface area is 102 Å². The van der Waals surface area contributed by atoms with Crippen molar-refractivity contribution in [2.75, 3.05) is 11.9 Å². The molecule has 2 aromatic heterocycles. The molecule has 0 saturated carbocycles. The van der Waals surface area contributed by atoms with Gasteiger partial charge in [0.2, 0.25) is 0 Å². The minimum absolute atomic E-state index is 0.450. The van der Waals surface area contributed by atoms with Crippen molar-refractivity contribution in [2.24, 2.45) is 0 Å². The lowest BCUT2D eigenvalue weighted by Gasteiger charge is -2.05. The summed E-state index contributed by atoms with van der Waals surface area (Å²) < 4.78 is 1.89. The maximum atomic E-state index is 4.54. The van der Waals surface area contributed by atoms with Gasteiger partial charge in [0, 0.05) is 25.0 Å². The molecule has 90 valence electrons. The van der Waals surface area contributed by atoms with E-state index in [-0.39, 0.29) is 0 Å². The van der Waals surface area contributed by atoms with E-state index in [1.807, 2.05) is 23.0 Å². The molecule has 4 heteroatoms. The number of pyridine rings is 1. The van der Waals surface area contributed by atoms with Crippen molar-refractivity contribution in [3.8, 4) is 5.69 Å². The van der Waals surface area contributed by atoms with E-state index in [1.165, 1.54) is 0 Å². The molecule has 4 nitrogen and oxygen atoms in total. The molecule has 0 spiro atoms. The van der Waals surface area contributed by atoms with Crippen molar-refractivity contribution >= 4 is 5.82 Å². The molecular formula is C13H18N4. The first-order chi connectivity index (χ1) is 8.20. The van der Waals surface area contributed by atoms with E-state index in [9.17, 15) is 0 Å². The first-order valence-electron chi connectivity index (χ1n) is 5.96. The summed E-state index contributed by atoms with van der Waals surface area (Å²) in [6.07, 6.45) is 3.78. The van der Waals surface area contributed by atoms with Crippen LogP contribution in [0.4, 0.5) is 5.82 Å². The SMILES string of the molecule is CCNc1cc(-n2ccc(C(C)C)n2)ccn1. The third-order valence-electron chi connectivity index (χ3n) is 2.57. The normalized spacial score (nSPS) is 10.8. The van der Waals surface area contributed by atoms with E-state index in [0.717, 1.165) is 23.7 Å². The van der Waals surface area contributed by atoms with Gasteiger partial charge in [0.15, 0.2) is 0 Å². The molecule has 0 aliphatic heterocycles. The molecule has 17 heavy (non-hydrogen) atoms. The summed E-state index contributed by atoms with van der Waals surface area (Å²) in [5, 5.41) is 7.74. The first kappa shape index (κ1) is 11.6. The number of anilines is 1. The van der Waals surface area contributed by atoms with Gasteiger partial charge in [-0.2, -0.15) is 5.10 Å². The summed E-state index contributed by atoms with van der Waals surface area (Å²) in [6, 6.07) is 6.01. The average molecular weight is 230 g/mol. The summed E-state index contributed by atoms with van der Waals surface area (Å²) in [5.74, 6) is 1.33. The Morgan fingerprint density at radius 2 is 2.18 bits per heavy atom. The zero-order valence-electron chi connectivity index (χ0n) is 10.5. The van der Waals surface area contributed by atoms with Crippen LogP contribution in [0.2, 0.25) is 0 Å². The van der Waals surface area contributed by atoms with Crippen LogP contribution in [0.25, 0.3) is 5.69 Å². The Kier molecular flexibility index (Phi) is 3.42. The van der Waals surface area contributed by atoms with Crippen LogP contribution in [-0.4, -0.2) is 21.3 Å². The van der Waals surface area contributed by atoms with E-state index in [2.05, 4.69) is 42.2 Å². The molecule has 2 heterocycles. The minimum atomic E-state index is 0.450. The average Bonchev–Trinajstić information content (AvgIpc) is 2.79. The summed E-state index contributed by atoms with van der Waals surface area (Å²) >= 11 is 0. The molecule has 0 bridgehead atoms. The fourth-order valence-corrected chi connectivity index (χ4v) is 1.63. The third kappa shape index (κ3) is 2.64. The molecule has 0 unspecified atom stereocenters. The fraction of sp³-hybridized carbons (Fsp3) is 0.385. The van der Waals surface area contributed by atoms with Crippen LogP contribution in [0, 0.1) is 0 Å². The van der Waals surface area contributed by atoms with Crippen LogP contribution < -0.4 is 5.32 Å². The third-order valence-corrected chi connectivity index (χ3v) is 2.57. The van der Waals surface area contributed by atoms with Gasteiger partial charge in [-0.25, -0.2) is 9.67 Å². The highest BCUT2D eigenvalue weighted by atomic mass is 15.3. The van der Waals surface area contributed by atoms with Crippen molar-refractivity contribution in [3.05, 3.63) is 36.3 Å². The zero-order chi connectivity index (χ0) is 12.3. The lowest BCUT2D eigenvalue weighted by atomic mass is 10.1. The highest BCUT2D eigenvalue weighted by Gasteiger charge is 2.05. The number of aromatic nitrogens is 3. The highest BCUT2D eigenvalue weighted by molar-refractivity contribution is 5.44. The molecular weight excluding hydrogens is 212 g/mol. The van der Waals surface area contributed by atoms with Crippen molar-refractivity contribution in [1.29, 1.82) is 0 Å². The van der Waals surface area contributed by atoms with Gasteiger partial charge in [-0.1, -0.05) is 13.8 Å². The van der Waals surface area contributed by atoms with E-state index in [4.69, 9.17) is 0 Å². The van der Waals surface area contributed by atoms with E-state index >= 15 is 0 Å². The van der Waals surface area contributed by atoms with E-state index in [0.29, 0.717) is 5.92 Å². The summed E-state index contributed by atoms with van der Waals surface area (Å²) in [5.41, 5.74) is 2.13. The smallest absolute Gasteiger partial charge is 0.128 e. The largest absolute Gasteiger partial charge is 0.370 e. The number of nitrogens with zero attached hydrogens (tertiary/aromatic N) is 3. The fourth-order valence-electron chi connectivity index (χ4n) is 1.63. The molecule has 0 aliphatic carbocycles. The van der Waals surface area contributed by atoms with Crippen LogP contribution in [0.5, 0.6) is 0 Å². The number of hydrogen-bond acceptors (Lipinski definition) is 3. The van der Waals surface area contributed by atoms with Gasteiger partial charge in [0.1, 0.15) is 5.82 Å². The minimum Gasteiger partial charge on any atom is -0.370 e. The van der Waals surface area contributed by atoms with Gasteiger partial charge >= 0.3 is 0 Å². The van der Waals surface area contributed by atoms with E-state index < -0.39 is 0 Å². The molecule has 0 amide bonds. The van der Waals surface area contributed by atoms with Crippen molar-refractivity contribution in [2.45, 2.75) is 26.7 Å². The Morgan fingerprint density at radius 1 is 1.35 bits per heavy atom. The predicted octanol–water partition coefficient (Wildman–Crippen LogP) is 2.82. The topological polar surface area (TPSA) is 42.7 Å².